The third-order valence-electron chi connectivity index (χ3n) is 3.14. The van der Waals surface area contributed by atoms with Gasteiger partial charge in [-0.15, -0.1) is 0 Å². The molecule has 2 heterocycles. The fourth-order valence-electron chi connectivity index (χ4n) is 2.03. The summed E-state index contributed by atoms with van der Waals surface area (Å²) in [5.41, 5.74) is 0.719. The largest absolute Gasteiger partial charge is 0.373 e. The van der Waals surface area contributed by atoms with E-state index in [0.717, 1.165) is 36.6 Å². The highest BCUT2D eigenvalue weighted by molar-refractivity contribution is 8.00. The van der Waals surface area contributed by atoms with E-state index in [1.165, 1.54) is 0 Å². The normalized spacial score (nSPS) is 19.7. The second-order valence-electron chi connectivity index (χ2n) is 4.33. The highest BCUT2D eigenvalue weighted by atomic mass is 32.2. The first-order valence-corrected chi connectivity index (χ1v) is 7.34. The van der Waals surface area contributed by atoms with Crippen molar-refractivity contribution in [3.63, 3.8) is 0 Å². The number of rotatable bonds is 3. The number of anilines is 1. The molecule has 1 saturated heterocycles. The number of aromatic nitrogens is 1. The van der Waals surface area contributed by atoms with Crippen LogP contribution in [-0.2, 0) is 0 Å². The van der Waals surface area contributed by atoms with Gasteiger partial charge in [0.1, 0.15) is 5.82 Å². The van der Waals surface area contributed by atoms with Crippen molar-refractivity contribution in [1.82, 2.24) is 9.88 Å². The van der Waals surface area contributed by atoms with Crippen LogP contribution in [0.15, 0.2) is 18.3 Å². The second-order valence-corrected chi connectivity index (χ2v) is 5.74. The second kappa shape index (κ2) is 6.09. The Kier molecular flexibility index (Phi) is 4.47. The summed E-state index contributed by atoms with van der Waals surface area (Å²) in [6, 6.07) is 3.59. The standard InChI is InChI=1S/C13H19N3OS/c1-3-11-9-16(6-7-18-11)13(17)10-4-5-15-12(8-10)14-2/h4-5,8,11H,3,6-7,9H2,1-2H3,(H,14,15). The number of nitrogens with one attached hydrogen (secondary N) is 1. The molecule has 18 heavy (non-hydrogen) atoms. The van der Waals surface area contributed by atoms with Gasteiger partial charge in [0.2, 0.25) is 0 Å². The van der Waals surface area contributed by atoms with Gasteiger partial charge in [-0.1, -0.05) is 6.92 Å². The Morgan fingerprint density at radius 3 is 3.22 bits per heavy atom. The number of hydrogen-bond acceptors (Lipinski definition) is 4. The smallest absolute Gasteiger partial charge is 0.254 e. The molecule has 0 aliphatic carbocycles. The van der Waals surface area contributed by atoms with Gasteiger partial charge in [0.15, 0.2) is 0 Å². The zero-order valence-electron chi connectivity index (χ0n) is 10.8. The Bertz CT molecular complexity index is 424. The minimum atomic E-state index is 0.118. The van der Waals surface area contributed by atoms with Crippen molar-refractivity contribution >= 4 is 23.5 Å². The number of pyridine rings is 1. The third-order valence-corrected chi connectivity index (χ3v) is 4.52. The van der Waals surface area contributed by atoms with Crippen LogP contribution in [0.3, 0.4) is 0 Å². The van der Waals surface area contributed by atoms with Gasteiger partial charge in [0.05, 0.1) is 0 Å². The molecule has 1 N–H and O–H groups in total. The summed E-state index contributed by atoms with van der Waals surface area (Å²) >= 11 is 1.97. The van der Waals surface area contributed by atoms with Crippen molar-refractivity contribution in [1.29, 1.82) is 0 Å². The summed E-state index contributed by atoms with van der Waals surface area (Å²) in [6.45, 7) is 3.88. The Morgan fingerprint density at radius 2 is 2.50 bits per heavy atom. The molecule has 1 atom stereocenters. The summed E-state index contributed by atoms with van der Waals surface area (Å²) in [5, 5.41) is 3.54. The predicted octanol–water partition coefficient (Wildman–Crippen LogP) is 2.09. The van der Waals surface area contributed by atoms with Gasteiger partial charge in [0.25, 0.3) is 5.91 Å². The molecule has 1 aliphatic rings. The van der Waals surface area contributed by atoms with Crippen LogP contribution in [0, 0.1) is 0 Å². The lowest BCUT2D eigenvalue weighted by atomic mass is 10.2. The molecule has 0 spiro atoms. The van der Waals surface area contributed by atoms with Gasteiger partial charge in [-0.05, 0) is 18.6 Å². The van der Waals surface area contributed by atoms with Crippen molar-refractivity contribution in [3.05, 3.63) is 23.9 Å². The average Bonchev–Trinajstić information content (AvgIpc) is 2.46. The van der Waals surface area contributed by atoms with Gasteiger partial charge in [0, 0.05) is 42.9 Å². The summed E-state index contributed by atoms with van der Waals surface area (Å²) in [4.78, 5) is 18.5. The number of carbonyl (C=O) groups excluding carboxylic acids is 1. The van der Waals surface area contributed by atoms with Crippen LogP contribution in [0.25, 0.3) is 0 Å². The SMILES string of the molecule is CCC1CN(C(=O)c2ccnc(NC)c2)CCS1. The Hall–Kier alpha value is -1.23. The summed E-state index contributed by atoms with van der Waals surface area (Å²) in [6.07, 6.45) is 2.79. The van der Waals surface area contributed by atoms with Crippen molar-refractivity contribution in [2.75, 3.05) is 31.2 Å². The van der Waals surface area contributed by atoms with Crippen LogP contribution in [-0.4, -0.2) is 46.9 Å². The molecule has 1 amide bonds. The fraction of sp³-hybridized carbons (Fsp3) is 0.538. The molecule has 1 aromatic rings. The molecule has 1 aliphatic heterocycles. The van der Waals surface area contributed by atoms with Crippen LogP contribution >= 0.6 is 11.8 Å². The Labute approximate surface area is 112 Å². The Balaban J connectivity index is 2.10. The zero-order chi connectivity index (χ0) is 13.0. The van der Waals surface area contributed by atoms with E-state index in [1.54, 1.807) is 19.3 Å². The van der Waals surface area contributed by atoms with E-state index in [2.05, 4.69) is 17.2 Å². The maximum Gasteiger partial charge on any atom is 0.254 e. The molecule has 1 unspecified atom stereocenters. The monoisotopic (exact) mass is 265 g/mol. The first-order valence-electron chi connectivity index (χ1n) is 6.29. The molecule has 1 fully saturated rings. The van der Waals surface area contributed by atoms with E-state index < -0.39 is 0 Å². The highest BCUT2D eigenvalue weighted by Gasteiger charge is 2.23. The number of carbonyl (C=O) groups is 1. The van der Waals surface area contributed by atoms with Crippen LogP contribution in [0.4, 0.5) is 5.82 Å². The van der Waals surface area contributed by atoms with Gasteiger partial charge >= 0.3 is 0 Å². The summed E-state index contributed by atoms with van der Waals surface area (Å²) in [5.74, 6) is 1.89. The molecule has 0 aromatic carbocycles. The number of nitrogens with zero attached hydrogens (tertiary/aromatic N) is 2. The predicted molar refractivity (Wildman–Crippen MR) is 76.2 cm³/mol. The molecule has 1 aromatic heterocycles. The average molecular weight is 265 g/mol. The molecule has 0 bridgehead atoms. The number of hydrogen-bond donors (Lipinski definition) is 1. The molecule has 2 rings (SSSR count). The minimum absolute atomic E-state index is 0.118. The lowest BCUT2D eigenvalue weighted by molar-refractivity contribution is 0.0761. The quantitative estimate of drug-likeness (QED) is 0.909. The van der Waals surface area contributed by atoms with E-state index in [9.17, 15) is 4.79 Å². The van der Waals surface area contributed by atoms with Crippen molar-refractivity contribution in [3.8, 4) is 0 Å². The molecule has 0 radical (unpaired) electrons. The first kappa shape index (κ1) is 13.2. The van der Waals surface area contributed by atoms with Crippen molar-refractivity contribution < 1.29 is 4.79 Å². The van der Waals surface area contributed by atoms with Crippen molar-refractivity contribution in [2.45, 2.75) is 18.6 Å². The minimum Gasteiger partial charge on any atom is -0.373 e. The molecule has 98 valence electrons. The topological polar surface area (TPSA) is 45.2 Å². The molecule has 4 nitrogen and oxygen atoms in total. The van der Waals surface area contributed by atoms with E-state index in [4.69, 9.17) is 0 Å². The number of thioether (sulfide) groups is 1. The first-order chi connectivity index (χ1) is 8.74. The van der Waals surface area contributed by atoms with Gasteiger partial charge in [-0.3, -0.25) is 4.79 Å². The lowest BCUT2D eigenvalue weighted by Crippen LogP contribution is -2.41. The van der Waals surface area contributed by atoms with Crippen LogP contribution in [0.1, 0.15) is 23.7 Å². The summed E-state index contributed by atoms with van der Waals surface area (Å²) in [7, 11) is 1.81. The third kappa shape index (κ3) is 2.96. The Morgan fingerprint density at radius 1 is 1.67 bits per heavy atom. The van der Waals surface area contributed by atoms with Crippen LogP contribution in [0.5, 0.6) is 0 Å². The molecule has 5 heteroatoms. The maximum absolute atomic E-state index is 12.4. The fourth-order valence-corrected chi connectivity index (χ4v) is 3.21. The number of amides is 1. The van der Waals surface area contributed by atoms with E-state index in [1.807, 2.05) is 22.7 Å². The zero-order valence-corrected chi connectivity index (χ0v) is 11.7. The van der Waals surface area contributed by atoms with Gasteiger partial charge in [-0.25, -0.2) is 4.98 Å². The van der Waals surface area contributed by atoms with E-state index in [-0.39, 0.29) is 5.91 Å². The van der Waals surface area contributed by atoms with Gasteiger partial charge < -0.3 is 10.2 Å². The highest BCUT2D eigenvalue weighted by Crippen LogP contribution is 2.22. The molecular weight excluding hydrogens is 246 g/mol. The van der Waals surface area contributed by atoms with E-state index >= 15 is 0 Å². The maximum atomic E-state index is 12.4. The van der Waals surface area contributed by atoms with E-state index in [0.29, 0.717) is 5.25 Å². The van der Waals surface area contributed by atoms with Crippen molar-refractivity contribution in [2.24, 2.45) is 0 Å². The summed E-state index contributed by atoms with van der Waals surface area (Å²) < 4.78 is 0. The molecule has 0 saturated carbocycles. The van der Waals surface area contributed by atoms with Crippen LogP contribution in [0.2, 0.25) is 0 Å². The molecular formula is C13H19N3OS. The van der Waals surface area contributed by atoms with Gasteiger partial charge in [-0.2, -0.15) is 11.8 Å². The lowest BCUT2D eigenvalue weighted by Gasteiger charge is -2.32. The van der Waals surface area contributed by atoms with Crippen LogP contribution < -0.4 is 5.32 Å².